The van der Waals surface area contributed by atoms with Gasteiger partial charge in [0, 0.05) is 12.2 Å². The van der Waals surface area contributed by atoms with Gasteiger partial charge in [-0.1, -0.05) is 6.07 Å². The summed E-state index contributed by atoms with van der Waals surface area (Å²) in [7, 11) is -2.46. The largest absolute Gasteiger partial charge is 0.385 e. The predicted molar refractivity (Wildman–Crippen MR) is 49.2 cm³/mol. The molecule has 0 bridgehead atoms. The number of hydrogen-bond donors (Lipinski definition) is 2. The Labute approximate surface area is 73.4 Å². The molecule has 0 spiro atoms. The molecule has 0 aliphatic carbocycles. The van der Waals surface area contributed by atoms with Crippen molar-refractivity contribution >= 4 is 16.4 Å². The van der Waals surface area contributed by atoms with E-state index < -0.39 is 10.7 Å². The van der Waals surface area contributed by atoms with Crippen LogP contribution in [0.4, 0.5) is 5.69 Å². The van der Waals surface area contributed by atoms with Crippen LogP contribution >= 0.6 is 0 Å². The van der Waals surface area contributed by atoms with E-state index in [2.05, 4.69) is 5.32 Å². The highest BCUT2D eigenvalue weighted by Crippen LogP contribution is 2.10. The van der Waals surface area contributed by atoms with Crippen LogP contribution in [0.15, 0.2) is 29.2 Å². The average molecular weight is 185 g/mol. The highest BCUT2D eigenvalue weighted by atomic mass is 32.2. The topological polar surface area (TPSA) is 46.2 Å². The lowest BCUT2D eigenvalue weighted by Gasteiger charge is -2.01. The number of thiol groups is 1. The quantitative estimate of drug-likeness (QED) is 0.693. The zero-order chi connectivity index (χ0) is 8.97. The van der Waals surface area contributed by atoms with E-state index in [0.717, 1.165) is 12.2 Å². The number of rotatable bonds is 3. The molecule has 0 unspecified atom stereocenters. The van der Waals surface area contributed by atoms with Crippen molar-refractivity contribution in [3.05, 3.63) is 24.3 Å². The molecule has 0 saturated heterocycles. The summed E-state index contributed by atoms with van der Waals surface area (Å²) in [5.41, 5.74) is 0.842. The molecule has 0 saturated carbocycles. The second kappa shape index (κ2) is 4.11. The van der Waals surface area contributed by atoms with Crippen LogP contribution in [0.5, 0.6) is 0 Å². The fourth-order valence-corrected chi connectivity index (χ4v) is 1.39. The van der Waals surface area contributed by atoms with Crippen molar-refractivity contribution < 1.29 is 8.42 Å². The number of hydrogen-bond acceptors (Lipinski definition) is 3. The summed E-state index contributed by atoms with van der Waals surface area (Å²) in [5.74, 6) is 0. The van der Waals surface area contributed by atoms with E-state index in [1.54, 1.807) is 18.2 Å². The van der Waals surface area contributed by atoms with Crippen molar-refractivity contribution in [1.29, 1.82) is 0 Å². The summed E-state index contributed by atoms with van der Waals surface area (Å²) in [6.45, 7) is 2.75. The SMILES string of the molecule is CCNc1cccc([SH](=O)=O)c1. The number of nitrogens with one attached hydrogen (secondary N) is 1. The Kier molecular flexibility index (Phi) is 3.10. The van der Waals surface area contributed by atoms with Gasteiger partial charge in [0.15, 0.2) is 10.7 Å². The molecular weight excluding hydrogens is 174 g/mol. The number of anilines is 1. The Morgan fingerprint density at radius 1 is 1.42 bits per heavy atom. The lowest BCUT2D eigenvalue weighted by molar-refractivity contribution is 0.614. The molecule has 1 aromatic rings. The maximum absolute atomic E-state index is 10.6. The minimum Gasteiger partial charge on any atom is -0.385 e. The molecule has 1 rings (SSSR count). The Hall–Kier alpha value is -1.03. The van der Waals surface area contributed by atoms with E-state index in [4.69, 9.17) is 0 Å². The molecule has 0 aliphatic rings. The van der Waals surface area contributed by atoms with Crippen molar-refractivity contribution in [1.82, 2.24) is 0 Å². The minimum absolute atomic E-state index is 0.350. The van der Waals surface area contributed by atoms with Gasteiger partial charge in [0.05, 0.1) is 4.90 Å². The summed E-state index contributed by atoms with van der Waals surface area (Å²) < 4.78 is 21.1. The Morgan fingerprint density at radius 2 is 2.17 bits per heavy atom. The second-order valence-electron chi connectivity index (χ2n) is 2.34. The third-order valence-corrected chi connectivity index (χ3v) is 2.14. The van der Waals surface area contributed by atoms with Crippen LogP contribution in [-0.4, -0.2) is 15.0 Å². The molecule has 0 aromatic heterocycles. The van der Waals surface area contributed by atoms with Gasteiger partial charge < -0.3 is 5.32 Å². The summed E-state index contributed by atoms with van der Waals surface area (Å²) in [5, 5.41) is 3.04. The fraction of sp³-hybridized carbons (Fsp3) is 0.250. The summed E-state index contributed by atoms with van der Waals surface area (Å²) >= 11 is 0. The molecule has 66 valence electrons. The van der Waals surface area contributed by atoms with Gasteiger partial charge in [0.2, 0.25) is 0 Å². The lowest BCUT2D eigenvalue weighted by Crippen LogP contribution is -1.96. The average Bonchev–Trinajstić information content (AvgIpc) is 2.05. The minimum atomic E-state index is -2.46. The van der Waals surface area contributed by atoms with Gasteiger partial charge in [0.25, 0.3) is 0 Å². The van der Waals surface area contributed by atoms with E-state index >= 15 is 0 Å². The lowest BCUT2D eigenvalue weighted by atomic mass is 10.3. The Balaban J connectivity index is 2.95. The smallest absolute Gasteiger partial charge is 0.168 e. The first-order valence-electron chi connectivity index (χ1n) is 3.72. The normalized spacial score (nSPS) is 10.2. The van der Waals surface area contributed by atoms with Crippen molar-refractivity contribution in [3.8, 4) is 0 Å². The van der Waals surface area contributed by atoms with Gasteiger partial charge in [-0.3, -0.25) is 0 Å². The molecule has 0 atom stereocenters. The van der Waals surface area contributed by atoms with Crippen molar-refractivity contribution in [3.63, 3.8) is 0 Å². The molecule has 1 aromatic carbocycles. The zero-order valence-electron chi connectivity index (χ0n) is 6.78. The van der Waals surface area contributed by atoms with E-state index in [1.807, 2.05) is 13.0 Å². The van der Waals surface area contributed by atoms with Crippen LogP contribution < -0.4 is 5.32 Å². The van der Waals surface area contributed by atoms with Crippen LogP contribution in [-0.2, 0) is 10.7 Å². The van der Waals surface area contributed by atoms with Gasteiger partial charge in [-0.05, 0) is 25.1 Å². The molecule has 4 heteroatoms. The molecule has 0 aliphatic heterocycles. The first kappa shape index (κ1) is 9.06. The maximum Gasteiger partial charge on any atom is 0.168 e. The molecule has 1 N–H and O–H groups in total. The zero-order valence-corrected chi connectivity index (χ0v) is 7.67. The maximum atomic E-state index is 10.6. The first-order chi connectivity index (χ1) is 5.74. The van der Waals surface area contributed by atoms with Crippen molar-refractivity contribution in [2.24, 2.45) is 0 Å². The summed E-state index contributed by atoms with van der Waals surface area (Å²) in [6.07, 6.45) is 0. The number of benzene rings is 1. The molecule has 3 nitrogen and oxygen atoms in total. The first-order valence-corrected chi connectivity index (χ1v) is 4.90. The molecule has 0 radical (unpaired) electrons. The van der Waals surface area contributed by atoms with Gasteiger partial charge in [0.1, 0.15) is 0 Å². The van der Waals surface area contributed by atoms with E-state index in [-0.39, 0.29) is 0 Å². The Morgan fingerprint density at radius 3 is 2.75 bits per heavy atom. The summed E-state index contributed by atoms with van der Waals surface area (Å²) in [6, 6.07) is 6.76. The standard InChI is InChI=1S/C8H11NO2S/c1-2-9-7-4-3-5-8(6-7)12(10)11/h3-6,9,12H,2H2,1H3. The van der Waals surface area contributed by atoms with Gasteiger partial charge >= 0.3 is 0 Å². The molecule has 0 amide bonds. The fourth-order valence-electron chi connectivity index (χ4n) is 0.934. The predicted octanol–water partition coefficient (Wildman–Crippen LogP) is 1.09. The highest BCUT2D eigenvalue weighted by Gasteiger charge is 1.95. The van der Waals surface area contributed by atoms with Gasteiger partial charge in [-0.15, -0.1) is 0 Å². The second-order valence-corrected chi connectivity index (χ2v) is 3.37. The van der Waals surface area contributed by atoms with Crippen molar-refractivity contribution in [2.45, 2.75) is 11.8 Å². The third-order valence-electron chi connectivity index (χ3n) is 1.44. The van der Waals surface area contributed by atoms with Crippen LogP contribution in [0, 0.1) is 0 Å². The van der Waals surface area contributed by atoms with Crippen molar-refractivity contribution in [2.75, 3.05) is 11.9 Å². The van der Waals surface area contributed by atoms with Gasteiger partial charge in [-0.25, -0.2) is 8.42 Å². The van der Waals surface area contributed by atoms with Crippen LogP contribution in [0.3, 0.4) is 0 Å². The van der Waals surface area contributed by atoms with Crippen LogP contribution in [0.25, 0.3) is 0 Å². The molecule has 0 fully saturated rings. The van der Waals surface area contributed by atoms with E-state index in [0.29, 0.717) is 4.90 Å². The van der Waals surface area contributed by atoms with E-state index in [9.17, 15) is 8.42 Å². The van der Waals surface area contributed by atoms with Crippen LogP contribution in [0.2, 0.25) is 0 Å². The third kappa shape index (κ3) is 2.23. The highest BCUT2D eigenvalue weighted by molar-refractivity contribution is 7.72. The molecular formula is C8H11NO2S. The van der Waals surface area contributed by atoms with Crippen LogP contribution in [0.1, 0.15) is 6.92 Å². The summed E-state index contributed by atoms with van der Waals surface area (Å²) in [4.78, 5) is 0.350. The molecule has 0 heterocycles. The van der Waals surface area contributed by atoms with Gasteiger partial charge in [-0.2, -0.15) is 0 Å². The molecule has 12 heavy (non-hydrogen) atoms. The monoisotopic (exact) mass is 185 g/mol. The van der Waals surface area contributed by atoms with E-state index in [1.165, 1.54) is 0 Å². The Bertz CT molecular complexity index is 326.